The fourth-order valence-corrected chi connectivity index (χ4v) is 2.00. The zero-order chi connectivity index (χ0) is 12.3. The Bertz CT molecular complexity index is 496. The molecule has 1 heterocycles. The van der Waals surface area contributed by atoms with E-state index < -0.39 is 16.0 Å². The summed E-state index contributed by atoms with van der Waals surface area (Å²) in [4.78, 5) is 11.4. The number of primary sulfonamides is 1. The minimum atomic E-state index is -3.91. The van der Waals surface area contributed by atoms with Crippen molar-refractivity contribution in [3.05, 3.63) is 11.8 Å². The number of sulfonamides is 1. The van der Waals surface area contributed by atoms with Gasteiger partial charge in [-0.05, 0) is 6.92 Å². The lowest BCUT2D eigenvalue weighted by molar-refractivity contribution is 0.0513. The van der Waals surface area contributed by atoms with Crippen molar-refractivity contribution in [3.8, 4) is 0 Å². The summed E-state index contributed by atoms with van der Waals surface area (Å²) in [6, 6.07) is 1.10. The Morgan fingerprint density at radius 2 is 2.31 bits per heavy atom. The molecule has 1 aromatic rings. The Balaban J connectivity index is 3.19. The monoisotopic (exact) mass is 359 g/mol. The van der Waals surface area contributed by atoms with Gasteiger partial charge in [-0.2, -0.15) is 5.10 Å². The third-order valence-electron chi connectivity index (χ3n) is 1.65. The lowest BCUT2D eigenvalue weighted by atomic mass is 10.4. The number of halogens is 1. The molecule has 0 aromatic carbocycles. The van der Waals surface area contributed by atoms with Gasteiger partial charge in [0.1, 0.15) is 5.69 Å². The van der Waals surface area contributed by atoms with Crippen LogP contribution in [0.3, 0.4) is 0 Å². The topological polar surface area (TPSA) is 104 Å². The van der Waals surface area contributed by atoms with Crippen LogP contribution in [0.5, 0.6) is 0 Å². The second-order valence-corrected chi connectivity index (χ2v) is 4.94. The van der Waals surface area contributed by atoms with Crippen LogP contribution in [0.25, 0.3) is 0 Å². The summed E-state index contributed by atoms with van der Waals surface area (Å²) in [6.07, 6.45) is 0. The van der Waals surface area contributed by atoms with Crippen molar-refractivity contribution < 1.29 is 17.9 Å². The molecule has 0 fully saturated rings. The summed E-state index contributed by atoms with van der Waals surface area (Å²) in [6.45, 7) is 1.86. The van der Waals surface area contributed by atoms with E-state index in [-0.39, 0.29) is 17.3 Å². The van der Waals surface area contributed by atoms with Crippen LogP contribution in [-0.4, -0.2) is 30.8 Å². The molecule has 1 aromatic heterocycles. The molecule has 0 unspecified atom stereocenters. The summed E-state index contributed by atoms with van der Waals surface area (Å²) >= 11 is 1.94. The molecule has 7 nitrogen and oxygen atoms in total. The number of nitrogens with zero attached hydrogens (tertiary/aromatic N) is 2. The molecule has 90 valence electrons. The Morgan fingerprint density at radius 1 is 1.69 bits per heavy atom. The summed E-state index contributed by atoms with van der Waals surface area (Å²) in [5.41, 5.74) is 0.0697. The van der Waals surface area contributed by atoms with Gasteiger partial charge in [-0.1, -0.05) is 22.6 Å². The van der Waals surface area contributed by atoms with Gasteiger partial charge in [-0.25, -0.2) is 23.0 Å². The lowest BCUT2D eigenvalue weighted by Crippen LogP contribution is -2.13. The Hall–Kier alpha value is -0.680. The zero-order valence-corrected chi connectivity index (χ0v) is 11.4. The van der Waals surface area contributed by atoms with E-state index in [0.717, 1.165) is 6.07 Å². The van der Waals surface area contributed by atoms with E-state index in [1.54, 1.807) is 6.92 Å². The van der Waals surface area contributed by atoms with Crippen LogP contribution in [-0.2, 0) is 19.3 Å². The molecule has 16 heavy (non-hydrogen) atoms. The van der Waals surface area contributed by atoms with Gasteiger partial charge in [0.2, 0.25) is 0 Å². The van der Waals surface area contributed by atoms with Gasteiger partial charge < -0.3 is 4.74 Å². The highest BCUT2D eigenvalue weighted by atomic mass is 127. The van der Waals surface area contributed by atoms with Gasteiger partial charge in [-0.15, -0.1) is 0 Å². The third-order valence-corrected chi connectivity index (χ3v) is 3.08. The van der Waals surface area contributed by atoms with Gasteiger partial charge in [0.15, 0.2) is 5.03 Å². The first-order chi connectivity index (χ1) is 7.40. The molecule has 0 saturated carbocycles. The summed E-state index contributed by atoms with van der Waals surface area (Å²) in [7, 11) is -3.91. The van der Waals surface area contributed by atoms with E-state index in [2.05, 4.69) is 5.10 Å². The number of aromatic nitrogens is 2. The van der Waals surface area contributed by atoms with E-state index in [1.165, 1.54) is 4.68 Å². The number of esters is 1. The van der Waals surface area contributed by atoms with Gasteiger partial charge >= 0.3 is 5.97 Å². The normalized spacial score (nSPS) is 11.4. The average Bonchev–Trinajstić information content (AvgIpc) is 2.61. The zero-order valence-electron chi connectivity index (χ0n) is 8.38. The van der Waals surface area contributed by atoms with Gasteiger partial charge in [0.05, 0.1) is 11.2 Å². The van der Waals surface area contributed by atoms with Crippen LogP contribution in [0, 0.1) is 0 Å². The minimum Gasteiger partial charge on any atom is -0.461 e. The van der Waals surface area contributed by atoms with Crippen LogP contribution >= 0.6 is 22.6 Å². The first-order valence-corrected chi connectivity index (χ1v) is 7.31. The molecular formula is C7H10IN3O4S. The van der Waals surface area contributed by atoms with Gasteiger partial charge in [-0.3, -0.25) is 0 Å². The molecule has 2 N–H and O–H groups in total. The highest BCUT2D eigenvalue weighted by Crippen LogP contribution is 2.11. The maximum Gasteiger partial charge on any atom is 0.356 e. The number of ether oxygens (including phenoxy) is 1. The Labute approximate surface area is 106 Å². The van der Waals surface area contributed by atoms with Crippen molar-refractivity contribution in [1.82, 2.24) is 9.78 Å². The molecular weight excluding hydrogens is 349 g/mol. The predicted octanol–water partition coefficient (Wildman–Crippen LogP) is 0.0997. The molecule has 0 bridgehead atoms. The molecule has 0 radical (unpaired) electrons. The molecule has 0 aliphatic heterocycles. The quantitative estimate of drug-likeness (QED) is 0.467. The number of nitrogens with two attached hydrogens (primary N) is 1. The van der Waals surface area contributed by atoms with Crippen molar-refractivity contribution in [2.45, 2.75) is 16.5 Å². The van der Waals surface area contributed by atoms with E-state index in [0.29, 0.717) is 4.55 Å². The second-order valence-electron chi connectivity index (χ2n) is 2.75. The van der Waals surface area contributed by atoms with Crippen molar-refractivity contribution >= 4 is 38.6 Å². The third kappa shape index (κ3) is 2.92. The van der Waals surface area contributed by atoms with Crippen molar-refractivity contribution in [1.29, 1.82) is 0 Å². The number of rotatable bonds is 4. The summed E-state index contributed by atoms with van der Waals surface area (Å²) in [5.74, 6) is -0.624. The van der Waals surface area contributed by atoms with Crippen LogP contribution in [0.4, 0.5) is 0 Å². The molecule has 0 atom stereocenters. The average molecular weight is 359 g/mol. The molecule has 0 amide bonds. The van der Waals surface area contributed by atoms with Crippen LogP contribution < -0.4 is 5.14 Å². The fraction of sp³-hybridized carbons (Fsp3) is 0.429. The molecule has 1 rings (SSSR count). The van der Waals surface area contributed by atoms with Crippen molar-refractivity contribution in [3.63, 3.8) is 0 Å². The number of hydrogen-bond donors (Lipinski definition) is 1. The lowest BCUT2D eigenvalue weighted by Gasteiger charge is -2.02. The van der Waals surface area contributed by atoms with Crippen molar-refractivity contribution in [2.24, 2.45) is 5.14 Å². The highest BCUT2D eigenvalue weighted by molar-refractivity contribution is 14.1. The van der Waals surface area contributed by atoms with Crippen LogP contribution in [0.1, 0.15) is 17.4 Å². The van der Waals surface area contributed by atoms with E-state index in [1.807, 2.05) is 22.6 Å². The molecule has 0 aliphatic carbocycles. The number of carbonyl (C=O) groups excluding carboxylic acids is 1. The number of alkyl halides is 1. The Kier molecular flexibility index (Phi) is 4.27. The SMILES string of the molecule is CCOC(=O)c1cc(S(N)(=O)=O)nn1CI. The minimum absolute atomic E-state index is 0.0697. The number of hydrogen-bond acceptors (Lipinski definition) is 5. The maximum atomic E-state index is 11.4. The first-order valence-electron chi connectivity index (χ1n) is 4.24. The van der Waals surface area contributed by atoms with E-state index in [4.69, 9.17) is 9.88 Å². The second kappa shape index (κ2) is 5.10. The largest absolute Gasteiger partial charge is 0.461 e. The van der Waals surface area contributed by atoms with Crippen molar-refractivity contribution in [2.75, 3.05) is 6.61 Å². The molecule has 0 saturated heterocycles. The summed E-state index contributed by atoms with van der Waals surface area (Å²) in [5, 5.41) is 8.27. The molecule has 9 heteroatoms. The maximum absolute atomic E-state index is 11.4. The molecule has 0 aliphatic rings. The van der Waals surface area contributed by atoms with Gasteiger partial charge in [0.25, 0.3) is 10.0 Å². The highest BCUT2D eigenvalue weighted by Gasteiger charge is 2.21. The smallest absolute Gasteiger partial charge is 0.356 e. The van der Waals surface area contributed by atoms with Crippen LogP contribution in [0.2, 0.25) is 0 Å². The number of carbonyl (C=O) groups is 1. The first kappa shape index (κ1) is 13.4. The Morgan fingerprint density at radius 3 is 2.75 bits per heavy atom. The van der Waals surface area contributed by atoms with Gasteiger partial charge in [0, 0.05) is 6.07 Å². The van der Waals surface area contributed by atoms with Crippen LogP contribution in [0.15, 0.2) is 11.1 Å². The summed E-state index contributed by atoms with van der Waals surface area (Å²) < 4.78 is 28.4. The fourth-order valence-electron chi connectivity index (χ4n) is 0.993. The predicted molar refractivity (Wildman–Crippen MR) is 63.6 cm³/mol. The molecule has 0 spiro atoms. The van der Waals surface area contributed by atoms with E-state index >= 15 is 0 Å². The van der Waals surface area contributed by atoms with E-state index in [9.17, 15) is 13.2 Å². The standard InChI is InChI=1S/C7H10IN3O4S/c1-2-15-7(12)5-3-6(16(9,13)14)10-11(5)4-8/h3H,2,4H2,1H3,(H2,9,13,14).